The van der Waals surface area contributed by atoms with Gasteiger partial charge in [-0.1, -0.05) is 42.5 Å². The minimum Gasteiger partial charge on any atom is -0.545 e. The average molecular weight is 599 g/mol. The number of alkyl halides is 3. The van der Waals surface area contributed by atoms with Crippen LogP contribution in [0.4, 0.5) is 18.0 Å². The zero-order chi connectivity index (χ0) is 30.9. The van der Waals surface area contributed by atoms with Gasteiger partial charge in [-0.25, -0.2) is 0 Å². The predicted octanol–water partition coefficient (Wildman–Crippen LogP) is 1.01. The second kappa shape index (κ2) is 11.7. The number of carboxylic acids is 1. The third-order valence-corrected chi connectivity index (χ3v) is 8.07. The van der Waals surface area contributed by atoms with Crippen molar-refractivity contribution in [3.63, 3.8) is 0 Å². The molecule has 3 N–H and O–H groups in total. The smallest absolute Gasteiger partial charge is 0.416 e. The summed E-state index contributed by atoms with van der Waals surface area (Å²) >= 11 is 0. The van der Waals surface area contributed by atoms with Crippen LogP contribution in [0.3, 0.4) is 0 Å². The van der Waals surface area contributed by atoms with Crippen LogP contribution in [0.5, 0.6) is 0 Å². The third-order valence-electron chi connectivity index (χ3n) is 8.07. The Labute approximate surface area is 244 Å². The number of carbonyl (C=O) groups is 3. The maximum atomic E-state index is 13.5. The molecule has 13 heteroatoms. The van der Waals surface area contributed by atoms with Crippen LogP contribution in [0, 0.1) is 0 Å². The number of aliphatic hydroxyl groups is 1. The first-order valence-corrected chi connectivity index (χ1v) is 13.7. The van der Waals surface area contributed by atoms with Gasteiger partial charge in [0, 0.05) is 36.4 Å². The molecule has 0 bridgehead atoms. The van der Waals surface area contributed by atoms with Gasteiger partial charge in [-0.05, 0) is 48.6 Å². The number of aromatic nitrogens is 1. The van der Waals surface area contributed by atoms with Gasteiger partial charge in [-0.2, -0.15) is 13.2 Å². The number of carboxylic acid groups (broad SMARTS) is 2. The molecule has 228 valence electrons. The molecular weight excluding hydrogens is 569 g/mol. The third kappa shape index (κ3) is 6.52. The summed E-state index contributed by atoms with van der Waals surface area (Å²) in [5.74, 6) is -2.26. The molecule has 0 radical (unpaired) electrons. The summed E-state index contributed by atoms with van der Waals surface area (Å²) in [4.78, 5) is 37.6. The van der Waals surface area contributed by atoms with Crippen LogP contribution in [-0.4, -0.2) is 57.8 Å². The van der Waals surface area contributed by atoms with E-state index in [0.717, 1.165) is 28.7 Å². The molecule has 1 fully saturated rings. The van der Waals surface area contributed by atoms with Crippen LogP contribution in [0.15, 0.2) is 60.7 Å². The lowest BCUT2D eigenvalue weighted by Gasteiger charge is -2.32. The van der Waals surface area contributed by atoms with Crippen molar-refractivity contribution in [3.05, 3.63) is 94.3 Å². The number of nitrogens with zero attached hydrogens (tertiary/aromatic N) is 2. The zero-order valence-corrected chi connectivity index (χ0v) is 22.9. The summed E-state index contributed by atoms with van der Waals surface area (Å²) in [6, 6.07) is 14.3. The van der Waals surface area contributed by atoms with E-state index >= 15 is 0 Å². The van der Waals surface area contributed by atoms with Crippen molar-refractivity contribution in [2.75, 3.05) is 13.1 Å². The van der Waals surface area contributed by atoms with Crippen molar-refractivity contribution < 1.29 is 42.9 Å². The van der Waals surface area contributed by atoms with Crippen molar-refractivity contribution in [2.24, 2.45) is 0 Å². The molecule has 5 rings (SSSR count). The predicted molar refractivity (Wildman–Crippen MR) is 142 cm³/mol. The zero-order valence-electron chi connectivity index (χ0n) is 22.9. The fraction of sp³-hybridized carbons (Fsp3) is 0.367. The SMILES string of the molecule is O=C([O-])c1cc(C(=O)N[C@@H](Cc2ccccc2)[C@H](O)CNC2(c3cccc(C(F)(F)F)c3)CC2)n2c1CN(C(=O)[O-])CC2. The summed E-state index contributed by atoms with van der Waals surface area (Å²) in [7, 11) is 0. The highest BCUT2D eigenvalue weighted by molar-refractivity contribution is 5.97. The summed E-state index contributed by atoms with van der Waals surface area (Å²) in [6.45, 7) is -0.359. The number of nitrogens with one attached hydrogen (secondary N) is 2. The quantitative estimate of drug-likeness (QED) is 0.315. The molecule has 0 unspecified atom stereocenters. The van der Waals surface area contributed by atoms with E-state index in [4.69, 9.17) is 0 Å². The lowest BCUT2D eigenvalue weighted by atomic mass is 9.98. The number of hydrogen-bond donors (Lipinski definition) is 3. The van der Waals surface area contributed by atoms with Gasteiger partial charge in [0.15, 0.2) is 0 Å². The highest BCUT2D eigenvalue weighted by atomic mass is 19.4. The van der Waals surface area contributed by atoms with E-state index < -0.39 is 47.4 Å². The molecule has 0 spiro atoms. The van der Waals surface area contributed by atoms with Gasteiger partial charge in [0.1, 0.15) is 11.8 Å². The second-order valence-electron chi connectivity index (χ2n) is 10.9. The van der Waals surface area contributed by atoms with E-state index in [1.807, 2.05) is 18.2 Å². The number of halogens is 3. The number of hydrogen-bond acceptors (Lipinski definition) is 7. The molecular formula is C30H29F3N4O6-2. The molecule has 3 aromatic rings. The van der Waals surface area contributed by atoms with Crippen LogP contribution in [0.25, 0.3) is 0 Å². The van der Waals surface area contributed by atoms with Crippen LogP contribution in [0.1, 0.15) is 56.1 Å². The van der Waals surface area contributed by atoms with Crippen LogP contribution >= 0.6 is 0 Å². The Morgan fingerprint density at radius 3 is 2.35 bits per heavy atom. The van der Waals surface area contributed by atoms with Gasteiger partial charge in [-0.3, -0.25) is 4.79 Å². The number of rotatable bonds is 10. The topological polar surface area (TPSA) is 150 Å². The number of fused-ring (bicyclic) bond motifs is 1. The van der Waals surface area contributed by atoms with Crippen molar-refractivity contribution in [3.8, 4) is 0 Å². The van der Waals surface area contributed by atoms with Crippen LogP contribution in [-0.2, 0) is 31.2 Å². The van der Waals surface area contributed by atoms with Gasteiger partial charge >= 0.3 is 6.18 Å². The minimum atomic E-state index is -4.49. The maximum absolute atomic E-state index is 13.5. The molecule has 1 aliphatic heterocycles. The molecule has 2 aliphatic rings. The van der Waals surface area contributed by atoms with Gasteiger partial charge in [0.25, 0.3) is 5.91 Å². The lowest BCUT2D eigenvalue weighted by molar-refractivity contribution is -0.267. The van der Waals surface area contributed by atoms with Gasteiger partial charge in [0.2, 0.25) is 0 Å². The summed E-state index contributed by atoms with van der Waals surface area (Å²) in [5.41, 5.74) is -0.524. The molecule has 1 aliphatic carbocycles. The van der Waals surface area contributed by atoms with Crippen molar-refractivity contribution >= 4 is 18.0 Å². The Morgan fingerprint density at radius 2 is 1.72 bits per heavy atom. The van der Waals surface area contributed by atoms with Crippen molar-refractivity contribution in [1.29, 1.82) is 0 Å². The van der Waals surface area contributed by atoms with Crippen molar-refractivity contribution in [2.45, 2.75) is 56.2 Å². The van der Waals surface area contributed by atoms with E-state index in [0.29, 0.717) is 18.4 Å². The van der Waals surface area contributed by atoms with Crippen molar-refractivity contribution in [1.82, 2.24) is 20.1 Å². The first-order chi connectivity index (χ1) is 20.4. The molecule has 2 heterocycles. The fourth-order valence-corrected chi connectivity index (χ4v) is 5.54. The van der Waals surface area contributed by atoms with E-state index in [1.54, 1.807) is 18.2 Å². The fourth-order valence-electron chi connectivity index (χ4n) is 5.54. The number of amides is 2. The number of carbonyl (C=O) groups excluding carboxylic acids is 3. The van der Waals surface area contributed by atoms with Crippen LogP contribution in [0.2, 0.25) is 0 Å². The summed E-state index contributed by atoms with van der Waals surface area (Å²) in [5, 5.41) is 40.4. The standard InChI is InChI=1S/C30H31F3N4O6/c31-30(32,33)20-8-4-7-19(14-20)29(9-10-29)34-16-25(38)22(13-18-5-2-1-3-6-18)35-26(39)23-15-21(27(40)41)24-17-36(28(42)43)11-12-37(23)24/h1-8,14-15,22,25,34,38H,9-13,16-17H2,(H,35,39)(H,40,41)(H,42,43)/p-2/t22-,25+/m0/s1. The normalized spacial score (nSPS) is 17.1. The van der Waals surface area contributed by atoms with E-state index in [-0.39, 0.29) is 49.6 Å². The van der Waals surface area contributed by atoms with Crippen LogP contribution < -0.4 is 20.8 Å². The average Bonchev–Trinajstić information content (AvgIpc) is 3.67. The first kappa shape index (κ1) is 30.1. The van der Waals surface area contributed by atoms with Gasteiger partial charge < -0.3 is 45.0 Å². The number of aliphatic hydroxyl groups excluding tert-OH is 1. The highest BCUT2D eigenvalue weighted by Gasteiger charge is 2.45. The van der Waals surface area contributed by atoms with Gasteiger partial charge in [0.05, 0.1) is 30.2 Å². The summed E-state index contributed by atoms with van der Waals surface area (Å²) < 4.78 is 41.3. The van der Waals surface area contributed by atoms with E-state index in [1.165, 1.54) is 10.6 Å². The highest BCUT2D eigenvalue weighted by Crippen LogP contribution is 2.46. The Balaban J connectivity index is 1.36. The molecule has 2 atom stereocenters. The largest absolute Gasteiger partial charge is 0.545 e. The lowest BCUT2D eigenvalue weighted by Crippen LogP contribution is -2.51. The summed E-state index contributed by atoms with van der Waals surface area (Å²) in [6.07, 6.45) is -5.80. The molecule has 2 aromatic carbocycles. The molecule has 1 aromatic heterocycles. The molecule has 10 nitrogen and oxygen atoms in total. The Morgan fingerprint density at radius 1 is 1.00 bits per heavy atom. The monoisotopic (exact) mass is 598 g/mol. The molecule has 2 amide bonds. The number of aromatic carboxylic acids is 1. The Bertz CT molecular complexity index is 1520. The van der Waals surface area contributed by atoms with Gasteiger partial charge in [-0.15, -0.1) is 0 Å². The molecule has 43 heavy (non-hydrogen) atoms. The first-order valence-electron chi connectivity index (χ1n) is 13.7. The Hall–Kier alpha value is -4.36. The second-order valence-corrected chi connectivity index (χ2v) is 10.9. The number of benzene rings is 2. The molecule has 0 saturated heterocycles. The van der Waals surface area contributed by atoms with E-state index in [2.05, 4.69) is 10.6 Å². The maximum Gasteiger partial charge on any atom is 0.416 e. The van der Waals surface area contributed by atoms with E-state index in [9.17, 15) is 42.9 Å². The Kier molecular flexibility index (Phi) is 8.21. The molecule has 1 saturated carbocycles. The minimum absolute atomic E-state index is 0.00627.